The lowest BCUT2D eigenvalue weighted by atomic mass is 9.90. The van der Waals surface area contributed by atoms with Crippen molar-refractivity contribution in [3.05, 3.63) is 41.3 Å². The van der Waals surface area contributed by atoms with Gasteiger partial charge < -0.3 is 14.8 Å². The van der Waals surface area contributed by atoms with Crippen LogP contribution < -0.4 is 15.0 Å². The Morgan fingerprint density at radius 1 is 1.18 bits per heavy atom. The van der Waals surface area contributed by atoms with Gasteiger partial charge in [0.15, 0.2) is 18.2 Å². The monoisotopic (exact) mass is 455 g/mol. The van der Waals surface area contributed by atoms with E-state index in [0.717, 1.165) is 49.9 Å². The van der Waals surface area contributed by atoms with Crippen molar-refractivity contribution in [1.82, 2.24) is 14.9 Å². The van der Waals surface area contributed by atoms with E-state index in [1.165, 1.54) is 11.1 Å². The summed E-state index contributed by atoms with van der Waals surface area (Å²) in [5.74, 6) is 0.626. The van der Waals surface area contributed by atoms with E-state index in [1.54, 1.807) is 12.1 Å². The molecule has 2 saturated heterocycles. The van der Waals surface area contributed by atoms with Crippen LogP contribution in [0.2, 0.25) is 0 Å². The number of likely N-dealkylation sites (tertiary alicyclic amines) is 1. The van der Waals surface area contributed by atoms with E-state index in [1.807, 2.05) is 6.07 Å². The number of carbonyl (C=O) groups is 2. The molecule has 6 rings (SSSR count). The summed E-state index contributed by atoms with van der Waals surface area (Å²) < 4.78 is 25.0. The van der Waals surface area contributed by atoms with E-state index in [0.29, 0.717) is 18.4 Å². The van der Waals surface area contributed by atoms with Crippen molar-refractivity contribution >= 4 is 23.6 Å². The number of nitrogens with one attached hydrogen (secondary N) is 1. The average molecular weight is 455 g/mol. The first kappa shape index (κ1) is 20.3. The molecule has 1 aromatic heterocycles. The fourth-order valence-corrected chi connectivity index (χ4v) is 5.40. The van der Waals surface area contributed by atoms with Crippen molar-refractivity contribution in [3.8, 4) is 5.88 Å². The van der Waals surface area contributed by atoms with Crippen molar-refractivity contribution in [2.45, 2.75) is 37.8 Å². The number of aromatic nitrogens is 2. The Hall–Kier alpha value is -3.27. The number of carbonyl (C=O) groups excluding carboxylic acids is 2. The molecule has 4 heterocycles. The number of piperidine rings is 1. The van der Waals surface area contributed by atoms with Crippen LogP contribution in [0.25, 0.3) is 0 Å². The Morgan fingerprint density at radius 3 is 2.85 bits per heavy atom. The van der Waals surface area contributed by atoms with Crippen LogP contribution >= 0.6 is 0 Å². The number of anilines is 2. The van der Waals surface area contributed by atoms with Crippen LogP contribution in [0, 0.1) is 11.7 Å². The van der Waals surface area contributed by atoms with E-state index in [4.69, 9.17) is 9.47 Å². The Morgan fingerprint density at radius 2 is 2.03 bits per heavy atom. The van der Waals surface area contributed by atoms with Gasteiger partial charge in [0, 0.05) is 13.4 Å². The SMILES string of the molecule is O=C1COc2ncc(N3CC(C4CCN(C5Cc6cccc(F)c6C5)CC4)OC3=O)nc2N1.[HH]. The highest BCUT2D eigenvalue weighted by molar-refractivity contribution is 5.94. The summed E-state index contributed by atoms with van der Waals surface area (Å²) in [4.78, 5) is 36.5. The molecule has 0 spiro atoms. The summed E-state index contributed by atoms with van der Waals surface area (Å²) in [5.41, 5.74) is 1.98. The predicted molar refractivity (Wildman–Crippen MR) is 118 cm³/mol. The Labute approximate surface area is 191 Å². The highest BCUT2D eigenvalue weighted by Crippen LogP contribution is 2.34. The van der Waals surface area contributed by atoms with Gasteiger partial charge in [0.1, 0.15) is 11.9 Å². The molecule has 0 radical (unpaired) electrons. The summed E-state index contributed by atoms with van der Waals surface area (Å²) in [6.45, 7) is 2.10. The molecule has 2 unspecified atom stereocenters. The van der Waals surface area contributed by atoms with Crippen LogP contribution in [0.15, 0.2) is 24.4 Å². The molecule has 10 heteroatoms. The van der Waals surface area contributed by atoms with Gasteiger partial charge in [-0.2, -0.15) is 0 Å². The molecule has 2 aromatic rings. The minimum atomic E-state index is -0.457. The molecule has 174 valence electrons. The molecule has 2 amide bonds. The average Bonchev–Trinajstić information content (AvgIpc) is 3.43. The number of hydrogen-bond acceptors (Lipinski definition) is 7. The fraction of sp³-hybridized carbons (Fsp3) is 0.478. The third-order valence-corrected chi connectivity index (χ3v) is 7.16. The topological polar surface area (TPSA) is 96.9 Å². The first-order chi connectivity index (χ1) is 16.0. The molecule has 3 aliphatic heterocycles. The van der Waals surface area contributed by atoms with Crippen molar-refractivity contribution in [2.24, 2.45) is 5.92 Å². The number of halogens is 1. The first-order valence-electron chi connectivity index (χ1n) is 11.3. The second kappa shape index (κ2) is 7.95. The predicted octanol–water partition coefficient (Wildman–Crippen LogP) is 2.40. The number of benzene rings is 1. The minimum Gasteiger partial charge on any atom is -0.465 e. The number of ether oxygens (including phenoxy) is 2. The van der Waals surface area contributed by atoms with Crippen LogP contribution in [0.4, 0.5) is 20.8 Å². The molecule has 1 aliphatic carbocycles. The number of amides is 2. The number of fused-ring (bicyclic) bond motifs is 2. The van der Waals surface area contributed by atoms with Crippen molar-refractivity contribution in [1.29, 1.82) is 0 Å². The minimum absolute atomic E-state index is 0. The van der Waals surface area contributed by atoms with Gasteiger partial charge in [0.2, 0.25) is 0 Å². The maximum Gasteiger partial charge on any atom is 0.416 e. The smallest absolute Gasteiger partial charge is 0.416 e. The molecular formula is C23H26FN5O4. The van der Waals surface area contributed by atoms with E-state index in [9.17, 15) is 14.0 Å². The first-order valence-corrected chi connectivity index (χ1v) is 11.3. The van der Waals surface area contributed by atoms with Gasteiger partial charge in [-0.25, -0.2) is 19.2 Å². The molecule has 1 N–H and O–H groups in total. The quantitative estimate of drug-likeness (QED) is 0.759. The van der Waals surface area contributed by atoms with Crippen LogP contribution in [-0.4, -0.2) is 65.3 Å². The molecule has 0 saturated carbocycles. The third kappa shape index (κ3) is 3.68. The van der Waals surface area contributed by atoms with Crippen LogP contribution in [0.5, 0.6) is 5.88 Å². The van der Waals surface area contributed by atoms with Gasteiger partial charge in [-0.1, -0.05) is 12.1 Å². The van der Waals surface area contributed by atoms with Crippen LogP contribution in [-0.2, 0) is 22.4 Å². The zero-order chi connectivity index (χ0) is 22.5. The van der Waals surface area contributed by atoms with Gasteiger partial charge in [-0.3, -0.25) is 14.6 Å². The maximum absolute atomic E-state index is 14.1. The zero-order valence-corrected chi connectivity index (χ0v) is 18.0. The molecule has 2 fully saturated rings. The normalized spacial score (nSPS) is 25.3. The molecule has 4 aliphatic rings. The lowest BCUT2D eigenvalue weighted by Crippen LogP contribution is -2.44. The van der Waals surface area contributed by atoms with E-state index < -0.39 is 6.09 Å². The standard InChI is InChI=1S/C23H24FN5O4.H2/c24-17-3-1-2-14-8-15(9-16(14)17)28-6-4-13(5-7-28)18-11-29(23(31)33-18)19-10-25-22-21(26-19)27-20(30)12-32-22;/h1-3,10,13,15,18H,4-9,11-12H2,(H,26,27,30);1H. The highest BCUT2D eigenvalue weighted by Gasteiger charge is 2.41. The Bertz CT molecular complexity index is 1130. The molecule has 1 aromatic carbocycles. The molecule has 2 atom stereocenters. The third-order valence-electron chi connectivity index (χ3n) is 7.16. The van der Waals surface area contributed by atoms with Gasteiger partial charge in [-0.15, -0.1) is 0 Å². The summed E-state index contributed by atoms with van der Waals surface area (Å²) in [7, 11) is 0. The molecule has 33 heavy (non-hydrogen) atoms. The zero-order valence-electron chi connectivity index (χ0n) is 18.0. The second-order valence-electron chi connectivity index (χ2n) is 9.06. The molecular weight excluding hydrogens is 429 g/mol. The summed E-state index contributed by atoms with van der Waals surface area (Å²) in [5, 5.41) is 2.61. The van der Waals surface area contributed by atoms with Gasteiger partial charge >= 0.3 is 6.09 Å². The number of nitrogens with zero attached hydrogens (tertiary/aromatic N) is 4. The van der Waals surface area contributed by atoms with E-state index in [2.05, 4.69) is 20.2 Å². The summed E-state index contributed by atoms with van der Waals surface area (Å²) in [6.07, 6.45) is 4.27. The van der Waals surface area contributed by atoms with Gasteiger partial charge in [0.05, 0.1) is 12.7 Å². The van der Waals surface area contributed by atoms with Crippen molar-refractivity contribution < 1.29 is 24.9 Å². The van der Waals surface area contributed by atoms with Crippen molar-refractivity contribution in [2.75, 3.05) is 36.5 Å². The summed E-state index contributed by atoms with van der Waals surface area (Å²) in [6, 6.07) is 5.70. The fourth-order valence-electron chi connectivity index (χ4n) is 5.40. The maximum atomic E-state index is 14.1. The summed E-state index contributed by atoms with van der Waals surface area (Å²) >= 11 is 0. The van der Waals surface area contributed by atoms with Gasteiger partial charge in [0.25, 0.3) is 11.8 Å². The number of rotatable bonds is 3. The molecule has 0 bridgehead atoms. The van der Waals surface area contributed by atoms with Crippen LogP contribution in [0.1, 0.15) is 25.4 Å². The van der Waals surface area contributed by atoms with E-state index in [-0.39, 0.29) is 43.5 Å². The van der Waals surface area contributed by atoms with Gasteiger partial charge in [-0.05, 0) is 56.0 Å². The number of cyclic esters (lactones) is 1. The van der Waals surface area contributed by atoms with Crippen molar-refractivity contribution in [3.63, 3.8) is 0 Å². The van der Waals surface area contributed by atoms with E-state index >= 15 is 0 Å². The Kier molecular flexibility index (Phi) is 4.90. The van der Waals surface area contributed by atoms with Crippen LogP contribution in [0.3, 0.4) is 0 Å². The largest absolute Gasteiger partial charge is 0.465 e. The second-order valence-corrected chi connectivity index (χ2v) is 9.06. The lowest BCUT2D eigenvalue weighted by molar-refractivity contribution is -0.118. The lowest BCUT2D eigenvalue weighted by Gasteiger charge is -2.37. The Balaban J connectivity index is 0.00000241. The molecule has 9 nitrogen and oxygen atoms in total. The number of hydrogen-bond donors (Lipinski definition) is 1. The highest BCUT2D eigenvalue weighted by atomic mass is 19.1.